The summed E-state index contributed by atoms with van der Waals surface area (Å²) in [6.07, 6.45) is 8.39. The van der Waals surface area contributed by atoms with E-state index < -0.39 is 0 Å². The molecule has 2 rings (SSSR count). The molecule has 1 unspecified atom stereocenters. The van der Waals surface area contributed by atoms with Gasteiger partial charge in [-0.3, -0.25) is 4.90 Å². The van der Waals surface area contributed by atoms with E-state index in [1.165, 1.54) is 58.2 Å². The van der Waals surface area contributed by atoms with Crippen LogP contribution < -0.4 is 5.32 Å². The van der Waals surface area contributed by atoms with Gasteiger partial charge in [-0.15, -0.1) is 0 Å². The Morgan fingerprint density at radius 1 is 1.20 bits per heavy atom. The molecule has 1 heterocycles. The van der Waals surface area contributed by atoms with Gasteiger partial charge in [-0.2, -0.15) is 0 Å². The second-order valence-corrected chi connectivity index (χ2v) is 7.25. The highest BCUT2D eigenvalue weighted by Gasteiger charge is 2.36. The van der Waals surface area contributed by atoms with Crippen LogP contribution in [0.1, 0.15) is 59.3 Å². The molecule has 0 spiro atoms. The molecular weight excluding hydrogens is 248 g/mol. The number of rotatable bonds is 6. The highest BCUT2D eigenvalue weighted by molar-refractivity contribution is 4.95. The fourth-order valence-corrected chi connectivity index (χ4v) is 3.93. The molecule has 0 radical (unpaired) electrons. The Bertz CT molecular complexity index is 274. The average molecular weight is 282 g/mol. The van der Waals surface area contributed by atoms with Gasteiger partial charge in [-0.25, -0.2) is 0 Å². The van der Waals surface area contributed by atoms with Gasteiger partial charge in [0.05, 0.1) is 0 Å². The predicted octanol–water partition coefficient (Wildman–Crippen LogP) is 3.05. The molecule has 0 bridgehead atoms. The van der Waals surface area contributed by atoms with E-state index in [0.717, 1.165) is 25.2 Å². The fourth-order valence-electron chi connectivity index (χ4n) is 3.93. The van der Waals surface area contributed by atoms with Crippen molar-refractivity contribution in [3.63, 3.8) is 0 Å². The Balaban J connectivity index is 1.88. The van der Waals surface area contributed by atoms with Gasteiger partial charge in [0.2, 0.25) is 0 Å². The molecule has 3 nitrogen and oxygen atoms in total. The van der Waals surface area contributed by atoms with E-state index >= 15 is 0 Å². The molecule has 2 aliphatic rings. The van der Waals surface area contributed by atoms with Crippen LogP contribution in [0.4, 0.5) is 0 Å². The van der Waals surface area contributed by atoms with Gasteiger partial charge in [0.25, 0.3) is 0 Å². The van der Waals surface area contributed by atoms with Gasteiger partial charge >= 0.3 is 0 Å². The van der Waals surface area contributed by atoms with Crippen LogP contribution in [-0.2, 0) is 4.74 Å². The maximum atomic E-state index is 5.51. The smallest absolute Gasteiger partial charge is 0.0478 e. The molecule has 0 aromatic heterocycles. The summed E-state index contributed by atoms with van der Waals surface area (Å²) in [5.41, 5.74) is 0.261. The summed E-state index contributed by atoms with van der Waals surface area (Å²) in [7, 11) is 0. The molecule has 1 aliphatic heterocycles. The zero-order chi connectivity index (χ0) is 14.4. The van der Waals surface area contributed by atoms with E-state index in [1.54, 1.807) is 0 Å². The third-order valence-corrected chi connectivity index (χ3v) is 4.99. The van der Waals surface area contributed by atoms with E-state index in [0.29, 0.717) is 0 Å². The first kappa shape index (κ1) is 16.3. The molecule has 3 heteroatoms. The number of hydrogen-bond donors (Lipinski definition) is 1. The van der Waals surface area contributed by atoms with Crippen molar-refractivity contribution in [1.29, 1.82) is 0 Å². The topological polar surface area (TPSA) is 24.5 Å². The quantitative estimate of drug-likeness (QED) is 0.758. The first-order valence-corrected chi connectivity index (χ1v) is 8.69. The lowest BCUT2D eigenvalue weighted by Crippen LogP contribution is -2.63. The summed E-state index contributed by atoms with van der Waals surface area (Å²) in [5.74, 6) is 0.916. The van der Waals surface area contributed by atoms with Crippen molar-refractivity contribution in [2.24, 2.45) is 5.92 Å². The van der Waals surface area contributed by atoms with Crippen LogP contribution in [0.3, 0.4) is 0 Å². The third kappa shape index (κ3) is 4.71. The number of nitrogens with zero attached hydrogens (tertiary/aromatic N) is 1. The third-order valence-electron chi connectivity index (χ3n) is 4.99. The molecule has 20 heavy (non-hydrogen) atoms. The Kier molecular flexibility index (Phi) is 6.31. The number of ether oxygens (including phenoxy) is 1. The first-order chi connectivity index (χ1) is 9.62. The fraction of sp³-hybridized carbons (Fsp3) is 1.00. The number of piperazine rings is 1. The Hall–Kier alpha value is -0.120. The minimum absolute atomic E-state index is 0.261. The van der Waals surface area contributed by atoms with Crippen LogP contribution in [0.5, 0.6) is 0 Å². The Morgan fingerprint density at radius 3 is 2.65 bits per heavy atom. The van der Waals surface area contributed by atoms with Crippen LogP contribution in [0, 0.1) is 5.92 Å². The van der Waals surface area contributed by atoms with Crippen molar-refractivity contribution in [1.82, 2.24) is 10.2 Å². The van der Waals surface area contributed by atoms with E-state index in [4.69, 9.17) is 4.74 Å². The van der Waals surface area contributed by atoms with Crippen LogP contribution in [0.15, 0.2) is 0 Å². The molecule has 1 atom stereocenters. The molecule has 0 aromatic carbocycles. The van der Waals surface area contributed by atoms with E-state index in [1.807, 2.05) is 0 Å². The second kappa shape index (κ2) is 7.77. The van der Waals surface area contributed by atoms with E-state index in [2.05, 4.69) is 31.0 Å². The van der Waals surface area contributed by atoms with Gasteiger partial charge in [-0.1, -0.05) is 19.3 Å². The molecule has 2 fully saturated rings. The van der Waals surface area contributed by atoms with Crippen molar-refractivity contribution < 1.29 is 4.74 Å². The van der Waals surface area contributed by atoms with Crippen LogP contribution in [-0.4, -0.2) is 49.3 Å². The predicted molar refractivity (Wildman–Crippen MR) is 85.1 cm³/mol. The summed E-state index contributed by atoms with van der Waals surface area (Å²) in [6.45, 7) is 12.1. The van der Waals surface area contributed by atoms with Crippen molar-refractivity contribution in [3.8, 4) is 0 Å². The number of nitrogens with one attached hydrogen (secondary N) is 1. The molecule has 1 N–H and O–H groups in total. The molecule has 0 aromatic rings. The normalized spacial score (nSPS) is 28.6. The van der Waals surface area contributed by atoms with Gasteiger partial charge in [-0.05, 0) is 46.0 Å². The van der Waals surface area contributed by atoms with Crippen molar-refractivity contribution >= 4 is 0 Å². The average Bonchev–Trinajstić information content (AvgIpc) is 2.44. The monoisotopic (exact) mass is 282 g/mol. The summed E-state index contributed by atoms with van der Waals surface area (Å²) in [4.78, 5) is 2.76. The molecule has 118 valence electrons. The highest BCUT2D eigenvalue weighted by Crippen LogP contribution is 2.31. The second-order valence-electron chi connectivity index (χ2n) is 7.25. The molecular formula is C17H34N2O. The summed E-state index contributed by atoms with van der Waals surface area (Å²) in [5, 5.41) is 3.76. The standard InChI is InChI=1S/C17H34N2O/c1-4-20-12-8-11-19-14-17(2,3)18-13-16(19)15-9-6-5-7-10-15/h15-16,18H,4-14H2,1-3H3. The Labute approximate surface area is 125 Å². The van der Waals surface area contributed by atoms with Crippen LogP contribution in [0.2, 0.25) is 0 Å². The molecule has 1 aliphatic carbocycles. The molecule has 0 amide bonds. The van der Waals surface area contributed by atoms with Crippen molar-refractivity contribution in [2.45, 2.75) is 70.9 Å². The van der Waals surface area contributed by atoms with Gasteiger partial charge in [0, 0.05) is 44.4 Å². The largest absolute Gasteiger partial charge is 0.382 e. The Morgan fingerprint density at radius 2 is 1.95 bits per heavy atom. The zero-order valence-electron chi connectivity index (χ0n) is 13.8. The first-order valence-electron chi connectivity index (χ1n) is 8.69. The molecule has 1 saturated heterocycles. The van der Waals surface area contributed by atoms with Gasteiger partial charge in [0.15, 0.2) is 0 Å². The highest BCUT2D eigenvalue weighted by atomic mass is 16.5. The van der Waals surface area contributed by atoms with Crippen LogP contribution in [0.25, 0.3) is 0 Å². The van der Waals surface area contributed by atoms with Gasteiger partial charge in [0.1, 0.15) is 0 Å². The maximum Gasteiger partial charge on any atom is 0.0478 e. The van der Waals surface area contributed by atoms with Crippen LogP contribution >= 0.6 is 0 Å². The zero-order valence-corrected chi connectivity index (χ0v) is 13.8. The minimum Gasteiger partial charge on any atom is -0.382 e. The lowest BCUT2D eigenvalue weighted by atomic mass is 9.81. The van der Waals surface area contributed by atoms with Crippen molar-refractivity contribution in [3.05, 3.63) is 0 Å². The van der Waals surface area contributed by atoms with E-state index in [-0.39, 0.29) is 5.54 Å². The summed E-state index contributed by atoms with van der Waals surface area (Å²) < 4.78 is 5.51. The lowest BCUT2D eigenvalue weighted by Gasteiger charge is -2.48. The van der Waals surface area contributed by atoms with Gasteiger partial charge < -0.3 is 10.1 Å². The van der Waals surface area contributed by atoms with Crippen molar-refractivity contribution in [2.75, 3.05) is 32.8 Å². The van der Waals surface area contributed by atoms with E-state index in [9.17, 15) is 0 Å². The summed E-state index contributed by atoms with van der Waals surface area (Å²) in [6, 6.07) is 0.755. The minimum atomic E-state index is 0.261. The maximum absolute atomic E-state index is 5.51. The SMILES string of the molecule is CCOCCCN1CC(C)(C)NCC1C1CCCCC1. The molecule has 1 saturated carbocycles. The summed E-state index contributed by atoms with van der Waals surface area (Å²) >= 11 is 0. The number of hydrogen-bond acceptors (Lipinski definition) is 3. The lowest BCUT2D eigenvalue weighted by molar-refractivity contribution is 0.0385.